The molecule has 1 amide bonds. The second-order valence-corrected chi connectivity index (χ2v) is 8.05. The highest BCUT2D eigenvalue weighted by Crippen LogP contribution is 2.39. The Morgan fingerprint density at radius 3 is 2.66 bits per heavy atom. The van der Waals surface area contributed by atoms with Crippen LogP contribution in [0.2, 0.25) is 0 Å². The number of para-hydroxylation sites is 1. The first-order chi connectivity index (χ1) is 15.7. The first-order valence-corrected chi connectivity index (χ1v) is 11.2. The third-order valence-corrected chi connectivity index (χ3v) is 5.81. The van der Waals surface area contributed by atoms with Gasteiger partial charge in [0.1, 0.15) is 11.3 Å². The molecule has 1 aliphatic rings. The maximum absolute atomic E-state index is 13.5. The van der Waals surface area contributed by atoms with Crippen LogP contribution in [0.1, 0.15) is 60.3 Å². The number of rotatable bonds is 10. The predicted octanol–water partition coefficient (Wildman–Crippen LogP) is 4.94. The highest BCUT2D eigenvalue weighted by atomic mass is 16.5. The normalized spacial score (nSPS) is 15.4. The largest absolute Gasteiger partial charge is 0.494 e. The summed E-state index contributed by atoms with van der Waals surface area (Å²) in [6, 6.07) is 14.2. The molecule has 0 bridgehead atoms. The second kappa shape index (κ2) is 10.0. The van der Waals surface area contributed by atoms with Crippen molar-refractivity contribution < 1.29 is 18.7 Å². The first-order valence-electron chi connectivity index (χ1n) is 11.2. The fourth-order valence-electron chi connectivity index (χ4n) is 4.24. The number of nitrogens with zero attached hydrogens (tertiary/aromatic N) is 1. The van der Waals surface area contributed by atoms with Gasteiger partial charge < -0.3 is 18.8 Å². The van der Waals surface area contributed by atoms with E-state index < -0.39 is 6.04 Å². The van der Waals surface area contributed by atoms with Crippen LogP contribution in [0.5, 0.6) is 5.75 Å². The number of fused-ring (bicyclic) bond motifs is 2. The van der Waals surface area contributed by atoms with Crippen molar-refractivity contribution in [2.45, 2.75) is 38.6 Å². The summed E-state index contributed by atoms with van der Waals surface area (Å²) < 4.78 is 17.1. The maximum Gasteiger partial charge on any atom is 0.290 e. The van der Waals surface area contributed by atoms with Crippen molar-refractivity contribution in [3.05, 3.63) is 75.6 Å². The molecule has 0 spiro atoms. The zero-order valence-electron chi connectivity index (χ0n) is 18.6. The molecule has 2 aromatic carbocycles. The number of methoxy groups -OCH3 is 1. The van der Waals surface area contributed by atoms with E-state index in [4.69, 9.17) is 13.9 Å². The van der Waals surface area contributed by atoms with Crippen LogP contribution in [-0.2, 0) is 4.74 Å². The molecular weight excluding hydrogens is 406 g/mol. The topological polar surface area (TPSA) is 69.0 Å². The number of hydrogen-bond donors (Lipinski definition) is 0. The van der Waals surface area contributed by atoms with Crippen molar-refractivity contribution in [2.75, 3.05) is 26.9 Å². The van der Waals surface area contributed by atoms with Crippen molar-refractivity contribution in [3.8, 4) is 5.75 Å². The van der Waals surface area contributed by atoms with Crippen LogP contribution >= 0.6 is 0 Å². The lowest BCUT2D eigenvalue weighted by Gasteiger charge is -2.25. The molecule has 0 saturated heterocycles. The summed E-state index contributed by atoms with van der Waals surface area (Å²) >= 11 is 0. The molecule has 3 aromatic rings. The van der Waals surface area contributed by atoms with Gasteiger partial charge in [-0.25, -0.2) is 0 Å². The van der Waals surface area contributed by atoms with Gasteiger partial charge in [0.05, 0.1) is 23.6 Å². The molecule has 0 aliphatic carbocycles. The summed E-state index contributed by atoms with van der Waals surface area (Å²) in [5.74, 6) is 0.602. The Bertz CT molecular complexity index is 1150. The molecule has 0 radical (unpaired) electrons. The fraction of sp³-hybridized carbons (Fsp3) is 0.385. The average molecular weight is 436 g/mol. The van der Waals surface area contributed by atoms with Gasteiger partial charge in [0.2, 0.25) is 5.76 Å². The standard InChI is InChI=1S/C26H29NO5/c1-3-4-7-16-31-19-11-8-10-18(17-19)23-22-24(28)20-12-5-6-13-21(20)32-25(22)26(29)27(23)14-9-15-30-2/h5-6,8,10-13,17,23H,3-4,7,9,14-16H2,1-2H3/t23-/m0/s1. The van der Waals surface area contributed by atoms with Gasteiger partial charge in [0.25, 0.3) is 5.91 Å². The molecule has 0 unspecified atom stereocenters. The van der Waals surface area contributed by atoms with E-state index in [-0.39, 0.29) is 17.1 Å². The molecule has 1 aromatic heterocycles. The third-order valence-electron chi connectivity index (χ3n) is 5.81. The molecule has 0 saturated carbocycles. The quantitative estimate of drug-likeness (QED) is 0.422. The van der Waals surface area contributed by atoms with Crippen LogP contribution in [0.25, 0.3) is 11.0 Å². The van der Waals surface area contributed by atoms with E-state index in [9.17, 15) is 9.59 Å². The summed E-state index contributed by atoms with van der Waals surface area (Å²) in [6.45, 7) is 3.78. The zero-order chi connectivity index (χ0) is 22.5. The molecule has 32 heavy (non-hydrogen) atoms. The fourth-order valence-corrected chi connectivity index (χ4v) is 4.24. The Balaban J connectivity index is 1.76. The molecule has 2 heterocycles. The minimum Gasteiger partial charge on any atom is -0.494 e. The Kier molecular flexibility index (Phi) is 6.90. The number of unbranched alkanes of at least 4 members (excludes halogenated alkanes) is 2. The van der Waals surface area contributed by atoms with Crippen LogP contribution in [0, 0.1) is 0 Å². The van der Waals surface area contributed by atoms with Crippen LogP contribution in [0.15, 0.2) is 57.7 Å². The number of hydrogen-bond acceptors (Lipinski definition) is 5. The minimum absolute atomic E-state index is 0.130. The molecule has 1 atom stereocenters. The van der Waals surface area contributed by atoms with Gasteiger partial charge in [-0.2, -0.15) is 0 Å². The minimum atomic E-state index is -0.519. The first kappa shape index (κ1) is 22.1. The molecule has 6 heteroatoms. The summed E-state index contributed by atoms with van der Waals surface area (Å²) in [6.07, 6.45) is 3.90. The summed E-state index contributed by atoms with van der Waals surface area (Å²) in [5, 5.41) is 0.481. The summed E-state index contributed by atoms with van der Waals surface area (Å²) in [5.41, 5.74) is 1.50. The van der Waals surface area contributed by atoms with Crippen molar-refractivity contribution in [1.29, 1.82) is 0 Å². The Morgan fingerprint density at radius 1 is 1.00 bits per heavy atom. The molecule has 6 nitrogen and oxygen atoms in total. The monoisotopic (exact) mass is 435 g/mol. The van der Waals surface area contributed by atoms with Gasteiger partial charge >= 0.3 is 0 Å². The van der Waals surface area contributed by atoms with E-state index in [1.54, 1.807) is 36.3 Å². The van der Waals surface area contributed by atoms with Gasteiger partial charge in [-0.15, -0.1) is 0 Å². The average Bonchev–Trinajstić information content (AvgIpc) is 3.09. The summed E-state index contributed by atoms with van der Waals surface area (Å²) in [4.78, 5) is 28.5. The van der Waals surface area contributed by atoms with Crippen LogP contribution in [-0.4, -0.2) is 37.7 Å². The smallest absolute Gasteiger partial charge is 0.290 e. The van der Waals surface area contributed by atoms with Crippen LogP contribution < -0.4 is 10.2 Å². The van der Waals surface area contributed by atoms with Gasteiger partial charge in [0, 0.05) is 20.3 Å². The van der Waals surface area contributed by atoms with Crippen molar-refractivity contribution in [1.82, 2.24) is 4.90 Å². The molecule has 0 fully saturated rings. The zero-order valence-corrected chi connectivity index (χ0v) is 18.6. The van der Waals surface area contributed by atoms with E-state index in [2.05, 4.69) is 6.92 Å². The SMILES string of the molecule is CCCCCOc1cccc([C@H]2c3c(oc4ccccc4c3=O)C(=O)N2CCCOC)c1. The Morgan fingerprint density at radius 2 is 1.84 bits per heavy atom. The van der Waals surface area contributed by atoms with Gasteiger partial charge in [0.15, 0.2) is 5.43 Å². The van der Waals surface area contributed by atoms with Gasteiger partial charge in [-0.05, 0) is 42.7 Å². The lowest BCUT2D eigenvalue weighted by molar-refractivity contribution is 0.0707. The molecule has 0 N–H and O–H groups in total. The number of amides is 1. The van der Waals surface area contributed by atoms with E-state index >= 15 is 0 Å². The second-order valence-electron chi connectivity index (χ2n) is 8.05. The van der Waals surface area contributed by atoms with Crippen molar-refractivity contribution in [3.63, 3.8) is 0 Å². The van der Waals surface area contributed by atoms with Gasteiger partial charge in [-0.1, -0.05) is 44.0 Å². The Labute approximate surface area is 187 Å². The molecule has 4 rings (SSSR count). The van der Waals surface area contributed by atoms with E-state index in [1.165, 1.54) is 0 Å². The van der Waals surface area contributed by atoms with E-state index in [1.807, 2.05) is 24.3 Å². The van der Waals surface area contributed by atoms with Crippen molar-refractivity contribution in [2.24, 2.45) is 0 Å². The van der Waals surface area contributed by atoms with Gasteiger partial charge in [-0.3, -0.25) is 9.59 Å². The molecule has 168 valence electrons. The third kappa shape index (κ3) is 4.28. The molecule has 1 aliphatic heterocycles. The maximum atomic E-state index is 13.5. The van der Waals surface area contributed by atoms with Crippen LogP contribution in [0.4, 0.5) is 0 Å². The number of carbonyl (C=O) groups excluding carboxylic acids is 1. The molecular formula is C26H29NO5. The van der Waals surface area contributed by atoms with E-state index in [0.29, 0.717) is 42.7 Å². The summed E-state index contributed by atoms with van der Waals surface area (Å²) in [7, 11) is 1.63. The highest BCUT2D eigenvalue weighted by molar-refractivity contribution is 5.99. The lowest BCUT2D eigenvalue weighted by atomic mass is 9.98. The number of ether oxygens (including phenoxy) is 2. The number of carbonyl (C=O) groups is 1. The van der Waals surface area contributed by atoms with Crippen LogP contribution in [0.3, 0.4) is 0 Å². The predicted molar refractivity (Wildman–Crippen MR) is 123 cm³/mol. The Hall–Kier alpha value is -3.12. The number of benzene rings is 2. The van der Waals surface area contributed by atoms with Crippen molar-refractivity contribution >= 4 is 16.9 Å². The lowest BCUT2D eigenvalue weighted by Crippen LogP contribution is -2.31. The van der Waals surface area contributed by atoms with E-state index in [0.717, 1.165) is 30.6 Å². The highest BCUT2D eigenvalue weighted by Gasteiger charge is 2.42.